The molecular weight excluding hydrogens is 309 g/mol. The standard InChI is InChI=1S/C13H16Cl3NO2/c1-11-8-3-2-5-12(8,7-19-11)6-4-9(11)17-10(18)13(14,15)16/h4,6,8-9H,2-3,5,7H2,1H3,(H,17,18)/t8-,9+,11+,12-/m1/s1. The van der Waals surface area contributed by atoms with E-state index in [1.54, 1.807) is 0 Å². The normalized spacial score (nSPS) is 44.2. The van der Waals surface area contributed by atoms with E-state index in [-0.39, 0.29) is 11.5 Å². The van der Waals surface area contributed by atoms with Gasteiger partial charge in [0.05, 0.1) is 18.2 Å². The van der Waals surface area contributed by atoms with Gasteiger partial charge in [0, 0.05) is 11.3 Å². The molecule has 3 aliphatic rings. The molecule has 1 amide bonds. The number of hydrogen-bond donors (Lipinski definition) is 1. The lowest BCUT2D eigenvalue weighted by atomic mass is 9.66. The minimum atomic E-state index is -1.94. The van der Waals surface area contributed by atoms with Crippen molar-refractivity contribution in [3.05, 3.63) is 12.2 Å². The number of alkyl halides is 3. The second kappa shape index (κ2) is 4.27. The van der Waals surface area contributed by atoms with E-state index in [0.29, 0.717) is 5.92 Å². The topological polar surface area (TPSA) is 38.3 Å². The second-order valence-electron chi connectivity index (χ2n) is 5.96. The van der Waals surface area contributed by atoms with E-state index in [9.17, 15) is 4.79 Å². The van der Waals surface area contributed by atoms with Gasteiger partial charge in [-0.05, 0) is 19.8 Å². The predicted octanol–water partition coefficient (Wildman–Crippen LogP) is 2.99. The maximum absolute atomic E-state index is 11.8. The van der Waals surface area contributed by atoms with Crippen LogP contribution in [0.1, 0.15) is 26.2 Å². The number of carbonyl (C=O) groups excluding carboxylic acids is 1. The Kier molecular flexibility index (Phi) is 3.14. The Morgan fingerprint density at radius 2 is 2.21 bits per heavy atom. The summed E-state index contributed by atoms with van der Waals surface area (Å²) in [5, 5.41) is 2.79. The molecule has 2 aliphatic carbocycles. The van der Waals surface area contributed by atoms with Crippen molar-refractivity contribution in [1.82, 2.24) is 5.32 Å². The third-order valence-corrected chi connectivity index (χ3v) is 5.47. The summed E-state index contributed by atoms with van der Waals surface area (Å²) < 4.78 is 4.10. The van der Waals surface area contributed by atoms with E-state index in [0.717, 1.165) is 19.4 Å². The van der Waals surface area contributed by atoms with Crippen molar-refractivity contribution >= 4 is 40.7 Å². The summed E-state index contributed by atoms with van der Waals surface area (Å²) in [6.07, 6.45) is 7.70. The lowest BCUT2D eigenvalue weighted by Crippen LogP contribution is -2.57. The summed E-state index contributed by atoms with van der Waals surface area (Å²) >= 11 is 16.8. The number of rotatable bonds is 1. The fourth-order valence-corrected chi connectivity index (χ4v) is 4.13. The van der Waals surface area contributed by atoms with Gasteiger partial charge >= 0.3 is 0 Å². The van der Waals surface area contributed by atoms with Gasteiger partial charge in [0.15, 0.2) is 0 Å². The molecular formula is C13H16Cl3NO2. The van der Waals surface area contributed by atoms with Crippen molar-refractivity contribution < 1.29 is 9.53 Å². The van der Waals surface area contributed by atoms with Crippen LogP contribution in [0.15, 0.2) is 12.2 Å². The summed E-state index contributed by atoms with van der Waals surface area (Å²) in [7, 11) is 0. The lowest BCUT2D eigenvalue weighted by molar-refractivity contribution is -0.123. The molecule has 6 heteroatoms. The van der Waals surface area contributed by atoms with E-state index >= 15 is 0 Å². The highest BCUT2D eigenvalue weighted by Crippen LogP contribution is 2.59. The Labute approximate surface area is 127 Å². The third kappa shape index (κ3) is 2.01. The molecule has 1 saturated carbocycles. The van der Waals surface area contributed by atoms with Crippen LogP contribution in [0.3, 0.4) is 0 Å². The highest BCUT2D eigenvalue weighted by atomic mass is 35.6. The molecule has 0 spiro atoms. The summed E-state index contributed by atoms with van der Waals surface area (Å²) in [5.74, 6) is -0.167. The van der Waals surface area contributed by atoms with Crippen LogP contribution in [-0.2, 0) is 9.53 Å². The van der Waals surface area contributed by atoms with Crippen LogP contribution in [0.2, 0.25) is 0 Å². The number of ether oxygens (including phenoxy) is 1. The zero-order valence-electron chi connectivity index (χ0n) is 10.6. The Hall–Kier alpha value is 0.0400. The Bertz CT molecular complexity index is 448. The number of amides is 1. The SMILES string of the molecule is C[C@@]12OC[C@]3(C=C[C@@H]1NC(=O)C(Cl)(Cl)Cl)CCC[C@@H]32. The van der Waals surface area contributed by atoms with Crippen molar-refractivity contribution in [2.45, 2.75) is 41.6 Å². The van der Waals surface area contributed by atoms with Crippen molar-refractivity contribution in [3.63, 3.8) is 0 Å². The average molecular weight is 325 g/mol. The Morgan fingerprint density at radius 1 is 1.47 bits per heavy atom. The number of carbonyl (C=O) groups is 1. The van der Waals surface area contributed by atoms with Gasteiger partial charge < -0.3 is 10.1 Å². The van der Waals surface area contributed by atoms with Crippen molar-refractivity contribution in [1.29, 1.82) is 0 Å². The average Bonchev–Trinajstić information content (AvgIpc) is 2.81. The number of nitrogens with one attached hydrogen (secondary N) is 1. The van der Waals surface area contributed by atoms with Gasteiger partial charge in [-0.2, -0.15) is 0 Å². The minimum absolute atomic E-state index is 0.163. The largest absolute Gasteiger partial charge is 0.372 e. The van der Waals surface area contributed by atoms with Crippen molar-refractivity contribution in [2.24, 2.45) is 11.3 Å². The monoisotopic (exact) mass is 323 g/mol. The summed E-state index contributed by atoms with van der Waals surface area (Å²) in [6, 6.07) is -0.241. The fourth-order valence-electron chi connectivity index (χ4n) is 3.97. The molecule has 3 rings (SSSR count). The molecule has 0 unspecified atom stereocenters. The van der Waals surface area contributed by atoms with Crippen LogP contribution >= 0.6 is 34.8 Å². The molecule has 1 heterocycles. The zero-order chi connectivity index (χ0) is 13.9. The van der Waals surface area contributed by atoms with Gasteiger partial charge in [0.25, 0.3) is 9.70 Å². The molecule has 1 aliphatic heterocycles. The molecule has 3 nitrogen and oxygen atoms in total. The molecule has 0 aromatic heterocycles. The molecule has 0 aromatic rings. The van der Waals surface area contributed by atoms with Crippen LogP contribution in [-0.4, -0.2) is 27.9 Å². The van der Waals surface area contributed by atoms with Crippen LogP contribution in [0, 0.1) is 11.3 Å². The summed E-state index contributed by atoms with van der Waals surface area (Å²) in [4.78, 5) is 11.8. The smallest absolute Gasteiger partial charge is 0.272 e. The van der Waals surface area contributed by atoms with Gasteiger partial charge in [-0.1, -0.05) is 53.4 Å². The first kappa shape index (κ1) is 14.0. The van der Waals surface area contributed by atoms with E-state index < -0.39 is 15.3 Å². The lowest BCUT2D eigenvalue weighted by Gasteiger charge is -2.42. The van der Waals surface area contributed by atoms with Gasteiger partial charge in [-0.3, -0.25) is 4.79 Å². The molecule has 4 atom stereocenters. The van der Waals surface area contributed by atoms with Crippen LogP contribution < -0.4 is 5.32 Å². The maximum atomic E-state index is 11.8. The first-order valence-electron chi connectivity index (χ1n) is 6.49. The van der Waals surface area contributed by atoms with E-state index in [2.05, 4.69) is 18.3 Å². The fraction of sp³-hybridized carbons (Fsp3) is 0.769. The Morgan fingerprint density at radius 3 is 2.89 bits per heavy atom. The second-order valence-corrected chi connectivity index (χ2v) is 8.24. The highest BCUT2D eigenvalue weighted by Gasteiger charge is 2.62. The minimum Gasteiger partial charge on any atom is -0.372 e. The van der Waals surface area contributed by atoms with Crippen molar-refractivity contribution in [2.75, 3.05) is 6.61 Å². The van der Waals surface area contributed by atoms with E-state index in [4.69, 9.17) is 39.5 Å². The van der Waals surface area contributed by atoms with Gasteiger partial charge in [0.1, 0.15) is 0 Å². The van der Waals surface area contributed by atoms with E-state index in [1.807, 2.05) is 6.08 Å². The molecule has 1 saturated heterocycles. The molecule has 2 fully saturated rings. The first-order chi connectivity index (χ1) is 8.78. The number of halogens is 3. The molecule has 106 valence electrons. The molecule has 0 radical (unpaired) electrons. The van der Waals surface area contributed by atoms with Crippen LogP contribution in [0.4, 0.5) is 0 Å². The third-order valence-electron chi connectivity index (χ3n) is 4.96. The van der Waals surface area contributed by atoms with Crippen LogP contribution in [0.25, 0.3) is 0 Å². The highest BCUT2D eigenvalue weighted by molar-refractivity contribution is 6.76. The molecule has 2 bridgehead atoms. The summed E-state index contributed by atoms with van der Waals surface area (Å²) in [5.41, 5.74) is -0.229. The van der Waals surface area contributed by atoms with Gasteiger partial charge in [-0.25, -0.2) is 0 Å². The summed E-state index contributed by atoms with van der Waals surface area (Å²) in [6.45, 7) is 2.78. The Balaban J connectivity index is 1.85. The molecule has 1 N–H and O–H groups in total. The molecule has 0 aromatic carbocycles. The molecule has 19 heavy (non-hydrogen) atoms. The predicted molar refractivity (Wildman–Crippen MR) is 75.5 cm³/mol. The van der Waals surface area contributed by atoms with Gasteiger partial charge in [-0.15, -0.1) is 0 Å². The first-order valence-corrected chi connectivity index (χ1v) is 7.62. The van der Waals surface area contributed by atoms with Crippen molar-refractivity contribution in [3.8, 4) is 0 Å². The van der Waals surface area contributed by atoms with Gasteiger partial charge in [0.2, 0.25) is 0 Å². The maximum Gasteiger partial charge on any atom is 0.272 e. The number of hydrogen-bond acceptors (Lipinski definition) is 2. The van der Waals surface area contributed by atoms with E-state index in [1.165, 1.54) is 6.42 Å². The van der Waals surface area contributed by atoms with Crippen LogP contribution in [0.5, 0.6) is 0 Å². The zero-order valence-corrected chi connectivity index (χ0v) is 12.9. The quantitative estimate of drug-likeness (QED) is 0.595.